The Labute approximate surface area is 165 Å². The minimum absolute atomic E-state index is 0.00851. The number of esters is 1. The van der Waals surface area contributed by atoms with Crippen molar-refractivity contribution in [3.8, 4) is 0 Å². The Bertz CT molecular complexity index is 821. The highest BCUT2D eigenvalue weighted by Gasteiger charge is 2.60. The number of methoxy groups -OCH3 is 2. The molecule has 1 aromatic rings. The zero-order valence-electron chi connectivity index (χ0n) is 16.7. The molecule has 1 spiro atoms. The number of benzene rings is 1. The van der Waals surface area contributed by atoms with Crippen LogP contribution in [0.25, 0.3) is 0 Å². The molecule has 2 unspecified atom stereocenters. The normalized spacial score (nSPS) is 32.0. The zero-order chi connectivity index (χ0) is 19.9. The van der Waals surface area contributed by atoms with E-state index in [2.05, 4.69) is 23.2 Å². The molecule has 0 bridgehead atoms. The Morgan fingerprint density at radius 2 is 2.14 bits per heavy atom. The van der Waals surface area contributed by atoms with Gasteiger partial charge in [-0.05, 0) is 42.9 Å². The molecule has 0 radical (unpaired) electrons. The van der Waals surface area contributed by atoms with Gasteiger partial charge in [0.25, 0.3) is 0 Å². The Morgan fingerprint density at radius 1 is 1.36 bits per heavy atom. The van der Waals surface area contributed by atoms with Crippen molar-refractivity contribution < 1.29 is 19.1 Å². The number of ether oxygens (including phenoxy) is 2. The summed E-state index contributed by atoms with van der Waals surface area (Å²) in [4.78, 5) is 28.1. The van der Waals surface area contributed by atoms with Gasteiger partial charge in [-0.3, -0.25) is 9.69 Å². The molecule has 2 fully saturated rings. The first-order chi connectivity index (χ1) is 13.6. The quantitative estimate of drug-likeness (QED) is 0.491. The Balaban J connectivity index is 1.74. The van der Waals surface area contributed by atoms with Crippen LogP contribution in [0.4, 0.5) is 5.69 Å². The van der Waals surface area contributed by atoms with Crippen molar-refractivity contribution in [2.45, 2.75) is 37.6 Å². The molecule has 3 heterocycles. The molecule has 6 heteroatoms. The molecule has 1 amide bonds. The Hall–Kier alpha value is -2.34. The van der Waals surface area contributed by atoms with E-state index < -0.39 is 5.41 Å². The van der Waals surface area contributed by atoms with E-state index in [0.717, 1.165) is 43.6 Å². The van der Waals surface area contributed by atoms with Crippen LogP contribution < -0.4 is 5.32 Å². The number of hydrogen-bond acceptors (Lipinski definition) is 5. The van der Waals surface area contributed by atoms with Crippen LogP contribution in [0.2, 0.25) is 0 Å². The average molecular weight is 384 g/mol. The minimum Gasteiger partial charge on any atom is -0.504 e. The average Bonchev–Trinajstić information content (AvgIpc) is 3.23. The second kappa shape index (κ2) is 7.24. The van der Waals surface area contributed by atoms with Crippen LogP contribution >= 0.6 is 0 Å². The topological polar surface area (TPSA) is 67.9 Å². The second-order valence-electron chi connectivity index (χ2n) is 8.04. The van der Waals surface area contributed by atoms with Crippen molar-refractivity contribution in [1.82, 2.24) is 4.90 Å². The highest BCUT2D eigenvalue weighted by atomic mass is 16.5. The Morgan fingerprint density at radius 3 is 2.86 bits per heavy atom. The van der Waals surface area contributed by atoms with E-state index >= 15 is 0 Å². The van der Waals surface area contributed by atoms with E-state index in [-0.39, 0.29) is 23.8 Å². The van der Waals surface area contributed by atoms with Gasteiger partial charge in [-0.15, -0.1) is 0 Å². The van der Waals surface area contributed by atoms with E-state index in [0.29, 0.717) is 11.5 Å². The summed E-state index contributed by atoms with van der Waals surface area (Å²) in [5.74, 6) is 0.0769. The third-order valence-corrected chi connectivity index (χ3v) is 6.97. The molecule has 150 valence electrons. The van der Waals surface area contributed by atoms with Crippen LogP contribution in [-0.4, -0.2) is 50.1 Å². The van der Waals surface area contributed by atoms with Crippen LogP contribution in [0.1, 0.15) is 31.7 Å². The molecule has 3 aliphatic rings. The van der Waals surface area contributed by atoms with Gasteiger partial charge < -0.3 is 14.8 Å². The standard InChI is InChI=1S/C22H28N2O4/c1-4-14-12-24-10-9-22(17-7-5-6-8-18(17)23-21(22)26)19(24)11-15(14)16(13-27-2)20(25)28-3/h5-8,13-15,19H,4,9-12H2,1-3H3,(H,23,26)/b16-13+/t14-,15-,19?,22?/m1/s1. The number of carbonyl (C=O) groups excluding carboxylic acids is 2. The number of amides is 1. The van der Waals surface area contributed by atoms with Crippen molar-refractivity contribution in [1.29, 1.82) is 0 Å². The summed E-state index contributed by atoms with van der Waals surface area (Å²) >= 11 is 0. The first-order valence-corrected chi connectivity index (χ1v) is 10.0. The molecular weight excluding hydrogens is 356 g/mol. The lowest BCUT2D eigenvalue weighted by atomic mass is 9.67. The van der Waals surface area contributed by atoms with Gasteiger partial charge in [-0.25, -0.2) is 4.79 Å². The van der Waals surface area contributed by atoms with Gasteiger partial charge >= 0.3 is 5.97 Å². The van der Waals surface area contributed by atoms with Gasteiger partial charge in [0, 0.05) is 18.3 Å². The largest absolute Gasteiger partial charge is 0.504 e. The fourth-order valence-electron chi connectivity index (χ4n) is 5.63. The van der Waals surface area contributed by atoms with Crippen molar-refractivity contribution in [3.63, 3.8) is 0 Å². The van der Waals surface area contributed by atoms with E-state index in [4.69, 9.17) is 9.47 Å². The summed E-state index contributed by atoms with van der Waals surface area (Å²) < 4.78 is 10.3. The fraction of sp³-hybridized carbons (Fsp3) is 0.545. The number of para-hydroxylation sites is 1. The van der Waals surface area contributed by atoms with Gasteiger partial charge in [0.1, 0.15) is 0 Å². The maximum atomic E-state index is 13.2. The van der Waals surface area contributed by atoms with E-state index in [9.17, 15) is 9.59 Å². The molecule has 1 aromatic carbocycles. The molecule has 1 N–H and O–H groups in total. The van der Waals surface area contributed by atoms with Gasteiger partial charge in [-0.1, -0.05) is 31.5 Å². The minimum atomic E-state index is -0.540. The summed E-state index contributed by atoms with van der Waals surface area (Å²) in [6.45, 7) is 3.93. The maximum absolute atomic E-state index is 13.2. The van der Waals surface area contributed by atoms with Crippen molar-refractivity contribution in [3.05, 3.63) is 41.7 Å². The second-order valence-corrected chi connectivity index (χ2v) is 8.04. The highest BCUT2D eigenvalue weighted by Crippen LogP contribution is 2.53. The van der Waals surface area contributed by atoms with Gasteiger partial charge in [-0.2, -0.15) is 0 Å². The van der Waals surface area contributed by atoms with E-state index in [1.54, 1.807) is 7.11 Å². The van der Waals surface area contributed by atoms with E-state index in [1.165, 1.54) is 13.4 Å². The number of carbonyl (C=O) groups is 2. The van der Waals surface area contributed by atoms with Crippen LogP contribution in [0.5, 0.6) is 0 Å². The van der Waals surface area contributed by atoms with Crippen molar-refractivity contribution >= 4 is 17.6 Å². The number of nitrogens with one attached hydrogen (secondary N) is 1. The number of piperidine rings is 1. The Kier molecular flexibility index (Phi) is 4.91. The molecule has 6 nitrogen and oxygen atoms in total. The number of fused-ring (bicyclic) bond motifs is 4. The third-order valence-electron chi connectivity index (χ3n) is 6.97. The lowest BCUT2D eigenvalue weighted by Crippen LogP contribution is -2.53. The number of rotatable bonds is 4. The van der Waals surface area contributed by atoms with Crippen molar-refractivity contribution in [2.75, 3.05) is 32.6 Å². The van der Waals surface area contributed by atoms with E-state index in [1.807, 2.05) is 18.2 Å². The first kappa shape index (κ1) is 19.0. The smallest absolute Gasteiger partial charge is 0.337 e. The van der Waals surface area contributed by atoms with Crippen LogP contribution in [0.15, 0.2) is 36.1 Å². The molecule has 3 aliphatic heterocycles. The van der Waals surface area contributed by atoms with Crippen LogP contribution in [-0.2, 0) is 24.5 Å². The maximum Gasteiger partial charge on any atom is 0.337 e. The molecule has 4 rings (SSSR count). The van der Waals surface area contributed by atoms with Gasteiger partial charge in [0.05, 0.1) is 31.5 Å². The number of anilines is 1. The number of nitrogens with zero attached hydrogens (tertiary/aromatic N) is 1. The summed E-state index contributed by atoms with van der Waals surface area (Å²) in [5.41, 5.74) is 2.05. The molecular formula is C22H28N2O4. The van der Waals surface area contributed by atoms with Gasteiger partial charge in [0.2, 0.25) is 5.91 Å². The summed E-state index contributed by atoms with van der Waals surface area (Å²) in [7, 11) is 2.95. The van der Waals surface area contributed by atoms with Gasteiger partial charge in [0.15, 0.2) is 0 Å². The molecule has 2 saturated heterocycles. The SMILES string of the molecule is CC[C@@H]1CN2CCC3(C(=O)Nc4ccccc43)C2C[C@H]1/C(=C\OC)C(=O)OC. The molecule has 0 saturated carbocycles. The first-order valence-electron chi connectivity index (χ1n) is 10.0. The zero-order valence-corrected chi connectivity index (χ0v) is 16.7. The third kappa shape index (κ3) is 2.65. The molecule has 4 atom stereocenters. The number of hydrogen-bond donors (Lipinski definition) is 1. The fourth-order valence-corrected chi connectivity index (χ4v) is 5.63. The molecule has 28 heavy (non-hydrogen) atoms. The monoisotopic (exact) mass is 384 g/mol. The lowest BCUT2D eigenvalue weighted by Gasteiger charge is -2.45. The van der Waals surface area contributed by atoms with Crippen LogP contribution in [0, 0.1) is 11.8 Å². The highest BCUT2D eigenvalue weighted by molar-refractivity contribution is 6.07. The predicted octanol–water partition coefficient (Wildman–Crippen LogP) is 2.70. The van der Waals surface area contributed by atoms with Crippen molar-refractivity contribution in [2.24, 2.45) is 11.8 Å². The predicted molar refractivity (Wildman–Crippen MR) is 106 cm³/mol. The summed E-state index contributed by atoms with van der Waals surface area (Å²) in [6, 6.07) is 8.07. The molecule has 0 aromatic heterocycles. The summed E-state index contributed by atoms with van der Waals surface area (Å²) in [6.07, 6.45) is 4.04. The molecule has 0 aliphatic carbocycles. The summed E-state index contributed by atoms with van der Waals surface area (Å²) in [5, 5.41) is 3.10. The van der Waals surface area contributed by atoms with Crippen LogP contribution in [0.3, 0.4) is 0 Å². The lowest BCUT2D eigenvalue weighted by molar-refractivity contribution is -0.137.